The Morgan fingerprint density at radius 2 is 2.27 bits per heavy atom. The summed E-state index contributed by atoms with van der Waals surface area (Å²) in [5.41, 5.74) is 9.34. The Bertz CT molecular complexity index is 396. The van der Waals surface area contributed by atoms with E-state index in [2.05, 4.69) is 20.9 Å². The third-order valence-corrected chi connectivity index (χ3v) is 3.05. The van der Waals surface area contributed by atoms with Crippen molar-refractivity contribution in [3.8, 4) is 0 Å². The molecule has 0 aliphatic carbocycles. The smallest absolute Gasteiger partial charge is 0.0833 e. The molecule has 0 aliphatic heterocycles. The van der Waals surface area contributed by atoms with Gasteiger partial charge in [0.15, 0.2) is 0 Å². The van der Waals surface area contributed by atoms with E-state index in [1.54, 1.807) is 16.8 Å². The number of nitrogens with two attached hydrogens (primary N) is 1. The highest BCUT2D eigenvalue weighted by molar-refractivity contribution is 9.10. The molecule has 0 amide bonds. The maximum atomic E-state index is 5.79. The molecule has 0 fully saturated rings. The summed E-state index contributed by atoms with van der Waals surface area (Å²) < 4.78 is 1.99. The van der Waals surface area contributed by atoms with Crippen molar-refractivity contribution in [3.05, 3.63) is 22.1 Å². The van der Waals surface area contributed by atoms with E-state index in [0.717, 1.165) is 20.4 Å². The Labute approximate surface area is 76.2 Å². The number of halogens is 1. The van der Waals surface area contributed by atoms with Crippen LogP contribution in [0.4, 0.5) is 5.69 Å². The van der Waals surface area contributed by atoms with E-state index in [1.807, 2.05) is 12.1 Å². The van der Waals surface area contributed by atoms with Crippen molar-refractivity contribution in [1.29, 1.82) is 0 Å². The van der Waals surface area contributed by atoms with Gasteiger partial charge in [-0.25, -0.2) is 4.98 Å². The second kappa shape index (κ2) is 2.46. The second-order valence-corrected chi connectivity index (χ2v) is 3.87. The Hall–Kier alpha value is -0.610. The van der Waals surface area contributed by atoms with Crippen molar-refractivity contribution >= 4 is 43.2 Å². The molecule has 2 rings (SSSR count). The summed E-state index contributed by atoms with van der Waals surface area (Å²) in [7, 11) is 0. The molecule has 4 heteroatoms. The zero-order valence-electron chi connectivity index (χ0n) is 5.54. The summed E-state index contributed by atoms with van der Waals surface area (Å²) >= 11 is 4.92. The SMILES string of the molecule is Nc1c(Br)ccc2ncsc12. The van der Waals surface area contributed by atoms with Crippen molar-refractivity contribution < 1.29 is 0 Å². The molecule has 0 saturated carbocycles. The highest BCUT2D eigenvalue weighted by Crippen LogP contribution is 2.30. The van der Waals surface area contributed by atoms with E-state index in [-0.39, 0.29) is 0 Å². The molecule has 56 valence electrons. The van der Waals surface area contributed by atoms with Gasteiger partial charge >= 0.3 is 0 Å². The van der Waals surface area contributed by atoms with Gasteiger partial charge in [0, 0.05) is 4.47 Å². The van der Waals surface area contributed by atoms with Crippen LogP contribution in [0, 0.1) is 0 Å². The lowest BCUT2D eigenvalue weighted by Crippen LogP contribution is -1.85. The minimum atomic E-state index is 0.782. The predicted octanol–water partition coefficient (Wildman–Crippen LogP) is 2.64. The number of aromatic nitrogens is 1. The number of nitrogens with zero attached hydrogens (tertiary/aromatic N) is 1. The number of benzene rings is 1. The van der Waals surface area contributed by atoms with Crippen LogP contribution in [0.25, 0.3) is 10.2 Å². The van der Waals surface area contributed by atoms with Crippen LogP contribution < -0.4 is 5.73 Å². The summed E-state index contributed by atoms with van der Waals surface area (Å²) in [6.45, 7) is 0. The molecule has 1 aromatic carbocycles. The molecule has 2 aromatic rings. The summed E-state index contributed by atoms with van der Waals surface area (Å²) in [5, 5.41) is 0. The van der Waals surface area contributed by atoms with Crippen LogP contribution in [0.3, 0.4) is 0 Å². The minimum absolute atomic E-state index is 0.782. The Kier molecular flexibility index (Phi) is 1.58. The zero-order valence-corrected chi connectivity index (χ0v) is 7.95. The van der Waals surface area contributed by atoms with Crippen molar-refractivity contribution in [3.63, 3.8) is 0 Å². The molecular formula is C7H5BrN2S. The summed E-state index contributed by atoms with van der Waals surface area (Å²) in [6, 6.07) is 3.86. The lowest BCUT2D eigenvalue weighted by molar-refractivity contribution is 1.50. The van der Waals surface area contributed by atoms with Crippen molar-refractivity contribution in [1.82, 2.24) is 4.98 Å². The molecule has 0 unspecified atom stereocenters. The topological polar surface area (TPSA) is 38.9 Å². The fraction of sp³-hybridized carbons (Fsp3) is 0. The Morgan fingerprint density at radius 3 is 3.09 bits per heavy atom. The van der Waals surface area contributed by atoms with Gasteiger partial charge in [0.1, 0.15) is 0 Å². The maximum Gasteiger partial charge on any atom is 0.0833 e. The van der Waals surface area contributed by atoms with Crippen molar-refractivity contribution in [2.45, 2.75) is 0 Å². The maximum absolute atomic E-state index is 5.79. The van der Waals surface area contributed by atoms with Crippen LogP contribution in [0.1, 0.15) is 0 Å². The number of nitrogen functional groups attached to an aromatic ring is 1. The summed E-state index contributed by atoms with van der Waals surface area (Å²) in [6.07, 6.45) is 0. The number of thiazole rings is 1. The lowest BCUT2D eigenvalue weighted by Gasteiger charge is -1.96. The first kappa shape index (κ1) is 7.06. The molecule has 0 radical (unpaired) electrons. The third kappa shape index (κ3) is 1.02. The van der Waals surface area contributed by atoms with Crippen molar-refractivity contribution in [2.75, 3.05) is 5.73 Å². The fourth-order valence-corrected chi connectivity index (χ4v) is 2.14. The Balaban J connectivity index is 2.93. The van der Waals surface area contributed by atoms with Gasteiger partial charge in [0.05, 0.1) is 21.4 Å². The highest BCUT2D eigenvalue weighted by atomic mass is 79.9. The minimum Gasteiger partial charge on any atom is -0.397 e. The normalized spacial score (nSPS) is 10.6. The van der Waals surface area contributed by atoms with Crippen LogP contribution in [0.2, 0.25) is 0 Å². The zero-order chi connectivity index (χ0) is 7.84. The first-order chi connectivity index (χ1) is 5.29. The van der Waals surface area contributed by atoms with Gasteiger partial charge in [-0.15, -0.1) is 11.3 Å². The van der Waals surface area contributed by atoms with Gasteiger partial charge in [0.2, 0.25) is 0 Å². The van der Waals surface area contributed by atoms with E-state index in [9.17, 15) is 0 Å². The molecule has 1 heterocycles. The second-order valence-electron chi connectivity index (χ2n) is 2.16. The van der Waals surface area contributed by atoms with Gasteiger partial charge in [0.25, 0.3) is 0 Å². The third-order valence-electron chi connectivity index (χ3n) is 1.48. The number of hydrogen-bond donors (Lipinski definition) is 1. The van der Waals surface area contributed by atoms with Crippen LogP contribution >= 0.6 is 27.3 Å². The summed E-state index contributed by atoms with van der Waals surface area (Å²) in [4.78, 5) is 4.14. The number of anilines is 1. The molecule has 0 aliphatic rings. The first-order valence-corrected chi connectivity index (χ1v) is 4.73. The van der Waals surface area contributed by atoms with Gasteiger partial charge in [-0.1, -0.05) is 0 Å². The monoisotopic (exact) mass is 228 g/mol. The molecule has 0 spiro atoms. The highest BCUT2D eigenvalue weighted by Gasteiger charge is 2.02. The first-order valence-electron chi connectivity index (χ1n) is 3.06. The molecule has 2 N–H and O–H groups in total. The standard InChI is InChI=1S/C7H5BrN2S/c8-4-1-2-5-7(6(4)9)11-3-10-5/h1-3H,9H2. The van der Waals surface area contributed by atoms with Crippen molar-refractivity contribution in [2.24, 2.45) is 0 Å². The lowest BCUT2D eigenvalue weighted by atomic mass is 10.3. The molecular weight excluding hydrogens is 224 g/mol. The van der Waals surface area contributed by atoms with Crippen LogP contribution in [0.15, 0.2) is 22.1 Å². The van der Waals surface area contributed by atoms with Gasteiger partial charge in [-0.2, -0.15) is 0 Å². The fourth-order valence-electron chi connectivity index (χ4n) is 0.925. The number of fused-ring (bicyclic) bond motifs is 1. The van der Waals surface area contributed by atoms with Crippen LogP contribution in [0.5, 0.6) is 0 Å². The van der Waals surface area contributed by atoms with Crippen LogP contribution in [-0.2, 0) is 0 Å². The average molecular weight is 229 g/mol. The molecule has 2 nitrogen and oxygen atoms in total. The van der Waals surface area contributed by atoms with E-state index in [1.165, 1.54) is 0 Å². The Morgan fingerprint density at radius 1 is 1.45 bits per heavy atom. The number of hydrogen-bond acceptors (Lipinski definition) is 3. The van der Waals surface area contributed by atoms with Gasteiger partial charge in [-0.3, -0.25) is 0 Å². The molecule has 0 atom stereocenters. The predicted molar refractivity (Wildman–Crippen MR) is 51.7 cm³/mol. The quantitative estimate of drug-likeness (QED) is 0.705. The average Bonchev–Trinajstić information content (AvgIpc) is 2.45. The van der Waals surface area contributed by atoms with Crippen LogP contribution in [-0.4, -0.2) is 4.98 Å². The molecule has 0 bridgehead atoms. The molecule has 1 aromatic heterocycles. The van der Waals surface area contributed by atoms with Gasteiger partial charge in [-0.05, 0) is 28.1 Å². The van der Waals surface area contributed by atoms with E-state index >= 15 is 0 Å². The molecule has 0 saturated heterocycles. The number of rotatable bonds is 0. The van der Waals surface area contributed by atoms with E-state index in [0.29, 0.717) is 0 Å². The largest absolute Gasteiger partial charge is 0.397 e. The van der Waals surface area contributed by atoms with Gasteiger partial charge < -0.3 is 5.73 Å². The summed E-state index contributed by atoms with van der Waals surface area (Å²) in [5.74, 6) is 0. The van der Waals surface area contributed by atoms with E-state index in [4.69, 9.17) is 5.73 Å². The molecule has 11 heavy (non-hydrogen) atoms. The van der Waals surface area contributed by atoms with E-state index < -0.39 is 0 Å².